The van der Waals surface area contributed by atoms with E-state index >= 15 is 0 Å². The van der Waals surface area contributed by atoms with Gasteiger partial charge < -0.3 is 5.32 Å². The van der Waals surface area contributed by atoms with Crippen LogP contribution in [0.3, 0.4) is 0 Å². The lowest BCUT2D eigenvalue weighted by atomic mass is 9.78. The molecule has 1 saturated heterocycles. The van der Waals surface area contributed by atoms with Crippen LogP contribution in [0.25, 0.3) is 0 Å². The van der Waals surface area contributed by atoms with Crippen molar-refractivity contribution in [2.45, 2.75) is 52.0 Å². The van der Waals surface area contributed by atoms with Crippen molar-refractivity contribution in [1.29, 1.82) is 0 Å². The molecule has 0 aromatic heterocycles. The quantitative estimate of drug-likeness (QED) is 0.843. The van der Waals surface area contributed by atoms with E-state index in [2.05, 4.69) is 42.3 Å². The first kappa shape index (κ1) is 20.8. The summed E-state index contributed by atoms with van der Waals surface area (Å²) in [4.78, 5) is 2.77. The van der Waals surface area contributed by atoms with Gasteiger partial charge in [-0.1, -0.05) is 37.5 Å². The topological polar surface area (TPSA) is 15.3 Å². The third-order valence-electron chi connectivity index (χ3n) is 5.48. The van der Waals surface area contributed by atoms with Crippen LogP contribution in [0.15, 0.2) is 18.2 Å². The average Bonchev–Trinajstić information content (AvgIpc) is 2.53. The Bertz CT molecular complexity index is 428. The van der Waals surface area contributed by atoms with Crippen molar-refractivity contribution in [2.24, 2.45) is 5.92 Å². The Morgan fingerprint density at radius 2 is 1.52 bits per heavy atom. The summed E-state index contributed by atoms with van der Waals surface area (Å²) >= 11 is 0. The Hall–Kier alpha value is -0.280. The zero-order valence-electron chi connectivity index (χ0n) is 14.5. The van der Waals surface area contributed by atoms with Crippen LogP contribution in [0.1, 0.15) is 54.8 Å². The summed E-state index contributed by atoms with van der Waals surface area (Å²) in [6.07, 6.45) is 7.14. The zero-order chi connectivity index (χ0) is 14.7. The number of rotatable bonds is 3. The Kier molecular flexibility index (Phi) is 8.92. The normalized spacial score (nSPS) is 21.1. The maximum Gasteiger partial charge on any atom is 0.0382 e. The summed E-state index contributed by atoms with van der Waals surface area (Å²) in [5.74, 6) is 0.858. The summed E-state index contributed by atoms with van der Waals surface area (Å²) in [6.45, 7) is 9.31. The van der Waals surface area contributed by atoms with Gasteiger partial charge in [0.2, 0.25) is 0 Å². The fraction of sp³-hybridized carbons (Fsp3) is 0.684. The minimum atomic E-state index is 0. The van der Waals surface area contributed by atoms with Gasteiger partial charge in [-0.25, -0.2) is 0 Å². The third kappa shape index (κ3) is 4.85. The van der Waals surface area contributed by atoms with Crippen LogP contribution in [-0.2, 0) is 0 Å². The minimum absolute atomic E-state index is 0. The molecule has 0 radical (unpaired) electrons. The van der Waals surface area contributed by atoms with Gasteiger partial charge in [-0.15, -0.1) is 24.8 Å². The number of nitrogens with zero attached hydrogens (tertiary/aromatic N) is 1. The summed E-state index contributed by atoms with van der Waals surface area (Å²) in [6, 6.07) is 7.47. The number of hydrogen-bond acceptors (Lipinski definition) is 2. The van der Waals surface area contributed by atoms with Crippen molar-refractivity contribution in [1.82, 2.24) is 10.2 Å². The molecule has 23 heavy (non-hydrogen) atoms. The van der Waals surface area contributed by atoms with E-state index < -0.39 is 0 Å². The van der Waals surface area contributed by atoms with E-state index in [1.807, 2.05) is 0 Å². The van der Waals surface area contributed by atoms with E-state index in [0.717, 1.165) is 19.0 Å². The molecule has 1 N–H and O–H groups in total. The maximum absolute atomic E-state index is 3.51. The second-order valence-corrected chi connectivity index (χ2v) is 6.93. The van der Waals surface area contributed by atoms with E-state index in [4.69, 9.17) is 0 Å². The molecule has 2 fully saturated rings. The van der Waals surface area contributed by atoms with Crippen molar-refractivity contribution >= 4 is 24.8 Å². The first-order valence-corrected chi connectivity index (χ1v) is 8.78. The molecule has 132 valence electrons. The van der Waals surface area contributed by atoms with Crippen LogP contribution in [0.4, 0.5) is 0 Å². The van der Waals surface area contributed by atoms with Gasteiger partial charge in [-0.3, -0.25) is 4.90 Å². The molecule has 0 bridgehead atoms. The lowest BCUT2D eigenvalue weighted by Crippen LogP contribution is -2.47. The number of aryl methyl sites for hydroxylation is 2. The van der Waals surface area contributed by atoms with Gasteiger partial charge >= 0.3 is 0 Å². The number of benzene rings is 1. The highest BCUT2D eigenvalue weighted by atomic mass is 35.5. The first-order chi connectivity index (χ1) is 10.3. The van der Waals surface area contributed by atoms with Crippen molar-refractivity contribution in [3.05, 3.63) is 34.9 Å². The fourth-order valence-electron chi connectivity index (χ4n) is 4.42. The van der Waals surface area contributed by atoms with Crippen LogP contribution < -0.4 is 5.32 Å². The molecule has 2 nitrogen and oxygen atoms in total. The zero-order valence-corrected chi connectivity index (χ0v) is 16.1. The monoisotopic (exact) mass is 358 g/mol. The SMILES string of the molecule is Cc1cccc(C)c1[C@@H](C1CCCCC1)N1CCNCC1.Cl.Cl. The van der Waals surface area contributed by atoms with Gasteiger partial charge in [0, 0.05) is 32.2 Å². The molecule has 0 spiro atoms. The molecule has 3 rings (SSSR count). The number of piperazine rings is 1. The van der Waals surface area contributed by atoms with Gasteiger partial charge in [0.1, 0.15) is 0 Å². The van der Waals surface area contributed by atoms with Gasteiger partial charge in [0.15, 0.2) is 0 Å². The molecule has 1 aromatic carbocycles. The molecule has 1 aliphatic heterocycles. The second kappa shape index (κ2) is 9.88. The van der Waals surface area contributed by atoms with Crippen LogP contribution in [0, 0.1) is 19.8 Å². The van der Waals surface area contributed by atoms with Gasteiger partial charge in [-0.2, -0.15) is 0 Å². The Morgan fingerprint density at radius 3 is 2.09 bits per heavy atom. The molecule has 1 atom stereocenters. The molecule has 1 saturated carbocycles. The highest BCUT2D eigenvalue weighted by Crippen LogP contribution is 2.40. The number of hydrogen-bond donors (Lipinski definition) is 1. The highest BCUT2D eigenvalue weighted by molar-refractivity contribution is 5.85. The van der Waals surface area contributed by atoms with Crippen LogP contribution >= 0.6 is 24.8 Å². The van der Waals surface area contributed by atoms with Crippen LogP contribution in [-0.4, -0.2) is 31.1 Å². The predicted molar refractivity (Wildman–Crippen MR) is 104 cm³/mol. The molecule has 1 aromatic rings. The summed E-state index contributed by atoms with van der Waals surface area (Å²) in [5.41, 5.74) is 4.61. The molecule has 0 amide bonds. The summed E-state index contributed by atoms with van der Waals surface area (Å²) in [7, 11) is 0. The molecular formula is C19H32Cl2N2. The molecule has 1 aliphatic carbocycles. The van der Waals surface area contributed by atoms with E-state index in [1.165, 1.54) is 56.3 Å². The highest BCUT2D eigenvalue weighted by Gasteiger charge is 2.32. The molecular weight excluding hydrogens is 327 g/mol. The lowest BCUT2D eigenvalue weighted by molar-refractivity contribution is 0.102. The smallest absolute Gasteiger partial charge is 0.0382 e. The Morgan fingerprint density at radius 1 is 0.957 bits per heavy atom. The van der Waals surface area contributed by atoms with Crippen LogP contribution in [0.5, 0.6) is 0 Å². The van der Waals surface area contributed by atoms with Crippen molar-refractivity contribution in [3.8, 4) is 0 Å². The molecule has 4 heteroatoms. The minimum Gasteiger partial charge on any atom is -0.314 e. The largest absolute Gasteiger partial charge is 0.314 e. The number of nitrogens with one attached hydrogen (secondary N) is 1. The maximum atomic E-state index is 3.51. The van der Waals surface area contributed by atoms with E-state index in [-0.39, 0.29) is 24.8 Å². The fourth-order valence-corrected chi connectivity index (χ4v) is 4.42. The van der Waals surface area contributed by atoms with E-state index in [1.54, 1.807) is 5.56 Å². The van der Waals surface area contributed by atoms with Gasteiger partial charge in [-0.05, 0) is 49.3 Å². The first-order valence-electron chi connectivity index (χ1n) is 8.78. The third-order valence-corrected chi connectivity index (χ3v) is 5.48. The average molecular weight is 359 g/mol. The summed E-state index contributed by atoms with van der Waals surface area (Å²) < 4.78 is 0. The van der Waals surface area contributed by atoms with Crippen LogP contribution in [0.2, 0.25) is 0 Å². The van der Waals surface area contributed by atoms with Gasteiger partial charge in [0.25, 0.3) is 0 Å². The molecule has 1 heterocycles. The van der Waals surface area contributed by atoms with Crippen molar-refractivity contribution in [3.63, 3.8) is 0 Å². The van der Waals surface area contributed by atoms with Crippen molar-refractivity contribution < 1.29 is 0 Å². The lowest BCUT2D eigenvalue weighted by Gasteiger charge is -2.42. The Balaban J connectivity index is 0.00000132. The van der Waals surface area contributed by atoms with Gasteiger partial charge in [0.05, 0.1) is 0 Å². The van der Waals surface area contributed by atoms with E-state index in [0.29, 0.717) is 6.04 Å². The predicted octanol–water partition coefficient (Wildman–Crippen LogP) is 4.67. The molecule has 2 aliphatic rings. The van der Waals surface area contributed by atoms with E-state index in [9.17, 15) is 0 Å². The van der Waals surface area contributed by atoms with Crippen molar-refractivity contribution in [2.75, 3.05) is 26.2 Å². The Labute approximate surface area is 154 Å². The number of halogens is 2. The standard InChI is InChI=1S/C19H30N2.2ClH/c1-15-7-6-8-16(2)18(15)19(17-9-4-3-5-10-17)21-13-11-20-12-14-21;;/h6-8,17,19-20H,3-5,9-14H2,1-2H3;2*1H/t19-;;/m1../s1. The summed E-state index contributed by atoms with van der Waals surface area (Å²) in [5, 5.41) is 3.51. The molecule has 0 unspecified atom stereocenters. The second-order valence-electron chi connectivity index (χ2n) is 6.93.